The number of carbonyl (C=O) groups excluding carboxylic acids is 1. The Morgan fingerprint density at radius 1 is 1.04 bits per heavy atom. The Labute approximate surface area is 164 Å². The molecular formula is C23H24O5. The lowest BCUT2D eigenvalue weighted by molar-refractivity contribution is -0.133. The summed E-state index contributed by atoms with van der Waals surface area (Å²) in [5, 5.41) is 9.28. The highest BCUT2D eigenvalue weighted by molar-refractivity contribution is 6.05. The van der Waals surface area contributed by atoms with Crippen LogP contribution in [0, 0.1) is 0 Å². The molecule has 2 aromatic rings. The number of carboxylic acid groups (broad SMARTS) is 1. The molecule has 0 bridgehead atoms. The molecular weight excluding hydrogens is 356 g/mol. The minimum atomic E-state index is -0.989. The third-order valence-electron chi connectivity index (χ3n) is 4.93. The Balaban J connectivity index is 1.86. The van der Waals surface area contributed by atoms with Gasteiger partial charge in [0.15, 0.2) is 5.78 Å². The zero-order valence-corrected chi connectivity index (χ0v) is 16.2. The number of rotatable bonds is 8. The van der Waals surface area contributed by atoms with Crippen LogP contribution in [0.2, 0.25) is 0 Å². The molecule has 1 aliphatic carbocycles. The van der Waals surface area contributed by atoms with Crippen LogP contribution in [0.5, 0.6) is 11.5 Å². The summed E-state index contributed by atoms with van der Waals surface area (Å²) in [5.74, 6) is 0.285. The molecule has 1 N–H and O–H groups in total. The highest BCUT2D eigenvalue weighted by Gasteiger charge is 2.25. The number of carbonyl (C=O) groups is 2. The number of hydrogen-bond donors (Lipinski definition) is 1. The van der Waals surface area contributed by atoms with E-state index >= 15 is 0 Å². The first kappa shape index (κ1) is 19.7. The van der Waals surface area contributed by atoms with Gasteiger partial charge in [-0.1, -0.05) is 24.3 Å². The van der Waals surface area contributed by atoms with E-state index in [0.717, 1.165) is 28.9 Å². The lowest BCUT2D eigenvalue weighted by Crippen LogP contribution is -2.11. The topological polar surface area (TPSA) is 72.8 Å². The van der Waals surface area contributed by atoms with E-state index in [9.17, 15) is 14.7 Å². The quantitative estimate of drug-likeness (QED) is 0.733. The standard InChI is InChI=1S/C23H24O5/c1-3-28-18-7-4-6-15(12-18)16-10-11-17(22(14-16)27-2)13-21(24)19-8-5-9-20(19)23(25)26/h4,6-7,10-12,14H,3,5,8-9,13H2,1-2H3,(H,25,26). The summed E-state index contributed by atoms with van der Waals surface area (Å²) >= 11 is 0. The van der Waals surface area contributed by atoms with Crippen LogP contribution >= 0.6 is 0 Å². The van der Waals surface area contributed by atoms with Crippen LogP contribution in [-0.2, 0) is 16.0 Å². The lowest BCUT2D eigenvalue weighted by Gasteiger charge is -2.12. The summed E-state index contributed by atoms with van der Waals surface area (Å²) in [7, 11) is 1.57. The second-order valence-electron chi connectivity index (χ2n) is 6.70. The van der Waals surface area contributed by atoms with E-state index < -0.39 is 5.97 Å². The molecule has 146 valence electrons. The third kappa shape index (κ3) is 4.25. The Morgan fingerprint density at radius 2 is 1.79 bits per heavy atom. The van der Waals surface area contributed by atoms with Crippen molar-refractivity contribution < 1.29 is 24.2 Å². The van der Waals surface area contributed by atoms with E-state index in [0.29, 0.717) is 30.8 Å². The smallest absolute Gasteiger partial charge is 0.331 e. The van der Waals surface area contributed by atoms with E-state index in [-0.39, 0.29) is 17.8 Å². The van der Waals surface area contributed by atoms with Gasteiger partial charge >= 0.3 is 5.97 Å². The number of aliphatic carboxylic acids is 1. The molecule has 2 aromatic carbocycles. The van der Waals surface area contributed by atoms with Crippen molar-refractivity contribution >= 4 is 11.8 Å². The summed E-state index contributed by atoms with van der Waals surface area (Å²) in [6, 6.07) is 13.5. The number of Topliss-reactive ketones (excluding diaryl/α,β-unsaturated/α-hetero) is 1. The summed E-state index contributed by atoms with van der Waals surface area (Å²) < 4.78 is 11.1. The lowest BCUT2D eigenvalue weighted by atomic mass is 9.97. The first-order valence-electron chi connectivity index (χ1n) is 9.42. The molecule has 0 saturated heterocycles. The van der Waals surface area contributed by atoms with Gasteiger partial charge in [-0.3, -0.25) is 4.79 Å². The molecule has 1 aliphatic rings. The van der Waals surface area contributed by atoms with E-state index in [1.807, 2.05) is 49.4 Å². The van der Waals surface area contributed by atoms with Gasteiger partial charge in [-0.15, -0.1) is 0 Å². The van der Waals surface area contributed by atoms with Crippen LogP contribution in [0.25, 0.3) is 11.1 Å². The molecule has 3 rings (SSSR count). The zero-order chi connectivity index (χ0) is 20.1. The largest absolute Gasteiger partial charge is 0.496 e. The predicted octanol–water partition coefficient (Wildman–Crippen LogP) is 4.44. The van der Waals surface area contributed by atoms with Crippen molar-refractivity contribution in [1.29, 1.82) is 0 Å². The van der Waals surface area contributed by atoms with Crippen LogP contribution in [0.1, 0.15) is 31.7 Å². The van der Waals surface area contributed by atoms with Crippen molar-refractivity contribution in [3.8, 4) is 22.6 Å². The summed E-state index contributed by atoms with van der Waals surface area (Å²) in [6.07, 6.45) is 1.84. The summed E-state index contributed by atoms with van der Waals surface area (Å²) in [6.45, 7) is 2.54. The van der Waals surface area contributed by atoms with E-state index in [1.165, 1.54) is 0 Å². The monoisotopic (exact) mass is 380 g/mol. The molecule has 0 atom stereocenters. The van der Waals surface area contributed by atoms with Gasteiger partial charge in [0.2, 0.25) is 0 Å². The second kappa shape index (κ2) is 8.74. The normalized spacial score (nSPS) is 13.5. The van der Waals surface area contributed by atoms with Gasteiger partial charge in [0.25, 0.3) is 0 Å². The number of methoxy groups -OCH3 is 1. The van der Waals surface area contributed by atoms with Gasteiger partial charge in [0.05, 0.1) is 13.7 Å². The maximum atomic E-state index is 12.7. The average molecular weight is 380 g/mol. The molecule has 0 aromatic heterocycles. The fourth-order valence-corrected chi connectivity index (χ4v) is 3.57. The molecule has 5 nitrogen and oxygen atoms in total. The third-order valence-corrected chi connectivity index (χ3v) is 4.93. The number of allylic oxidation sites excluding steroid dienone is 1. The van der Waals surface area contributed by atoms with E-state index in [4.69, 9.17) is 9.47 Å². The van der Waals surface area contributed by atoms with Crippen LogP contribution in [0.4, 0.5) is 0 Å². The van der Waals surface area contributed by atoms with Crippen LogP contribution < -0.4 is 9.47 Å². The van der Waals surface area contributed by atoms with Crippen molar-refractivity contribution in [2.24, 2.45) is 0 Å². The molecule has 0 radical (unpaired) electrons. The molecule has 0 unspecified atom stereocenters. The SMILES string of the molecule is CCOc1cccc(-c2ccc(CC(=O)C3=C(C(=O)O)CCC3)c(OC)c2)c1. The zero-order valence-electron chi connectivity index (χ0n) is 16.2. The minimum Gasteiger partial charge on any atom is -0.496 e. The number of ether oxygens (including phenoxy) is 2. The van der Waals surface area contributed by atoms with Crippen LogP contribution in [-0.4, -0.2) is 30.6 Å². The molecule has 28 heavy (non-hydrogen) atoms. The Morgan fingerprint density at radius 3 is 2.50 bits per heavy atom. The Bertz CT molecular complexity index is 926. The number of hydrogen-bond acceptors (Lipinski definition) is 4. The van der Waals surface area contributed by atoms with Gasteiger partial charge in [-0.2, -0.15) is 0 Å². The van der Waals surface area contributed by atoms with Gasteiger partial charge < -0.3 is 14.6 Å². The Kier molecular flexibility index (Phi) is 6.14. The maximum Gasteiger partial charge on any atom is 0.331 e. The van der Waals surface area contributed by atoms with Crippen molar-refractivity contribution in [2.75, 3.05) is 13.7 Å². The molecule has 0 spiro atoms. The fourth-order valence-electron chi connectivity index (χ4n) is 3.57. The maximum absolute atomic E-state index is 12.7. The van der Waals surface area contributed by atoms with Crippen molar-refractivity contribution in [3.63, 3.8) is 0 Å². The fraction of sp³-hybridized carbons (Fsp3) is 0.304. The average Bonchev–Trinajstić information content (AvgIpc) is 3.19. The summed E-state index contributed by atoms with van der Waals surface area (Å²) in [5.41, 5.74) is 3.41. The molecule has 0 fully saturated rings. The van der Waals surface area contributed by atoms with E-state index in [2.05, 4.69) is 0 Å². The number of benzene rings is 2. The summed E-state index contributed by atoms with van der Waals surface area (Å²) in [4.78, 5) is 24.0. The molecule has 0 saturated carbocycles. The minimum absolute atomic E-state index is 0.133. The highest BCUT2D eigenvalue weighted by Crippen LogP contribution is 2.32. The molecule has 0 heterocycles. The van der Waals surface area contributed by atoms with Crippen molar-refractivity contribution in [3.05, 3.63) is 59.2 Å². The molecule has 0 amide bonds. The predicted molar refractivity (Wildman–Crippen MR) is 107 cm³/mol. The van der Waals surface area contributed by atoms with Gasteiger partial charge in [-0.25, -0.2) is 4.79 Å². The van der Waals surface area contributed by atoms with Crippen LogP contribution in [0.15, 0.2) is 53.6 Å². The number of carboxylic acids is 1. The van der Waals surface area contributed by atoms with Crippen molar-refractivity contribution in [1.82, 2.24) is 0 Å². The van der Waals surface area contributed by atoms with Crippen LogP contribution in [0.3, 0.4) is 0 Å². The van der Waals surface area contributed by atoms with Gasteiger partial charge in [-0.05, 0) is 55.5 Å². The number of ketones is 1. The highest BCUT2D eigenvalue weighted by atomic mass is 16.5. The molecule has 0 aliphatic heterocycles. The molecule has 5 heteroatoms. The van der Waals surface area contributed by atoms with Crippen molar-refractivity contribution in [2.45, 2.75) is 32.6 Å². The first-order chi connectivity index (χ1) is 13.5. The Hall–Kier alpha value is -3.08. The first-order valence-corrected chi connectivity index (χ1v) is 9.42. The van der Waals surface area contributed by atoms with E-state index in [1.54, 1.807) is 7.11 Å². The second-order valence-corrected chi connectivity index (χ2v) is 6.70. The van der Waals surface area contributed by atoms with Gasteiger partial charge in [0.1, 0.15) is 11.5 Å². The van der Waals surface area contributed by atoms with Gasteiger partial charge in [0, 0.05) is 23.1 Å².